The number of anilines is 1. The first kappa shape index (κ1) is 51.3. The minimum absolute atomic E-state index is 0.0199. The van der Waals surface area contributed by atoms with Gasteiger partial charge in [-0.3, -0.25) is 4.79 Å². The minimum Gasteiger partial charge on any atom is -0.508 e. The molecule has 7 N–H and O–H groups in total. The highest BCUT2D eigenvalue weighted by Crippen LogP contribution is 2.53. The lowest BCUT2D eigenvalue weighted by atomic mass is 9.89. The number of aromatic hydroxyl groups is 1. The number of piperazine rings is 1. The van der Waals surface area contributed by atoms with Crippen molar-refractivity contribution >= 4 is 17.7 Å². The van der Waals surface area contributed by atoms with Gasteiger partial charge in [-0.1, -0.05) is 122 Å². The molecule has 1 saturated heterocycles. The Bertz CT molecular complexity index is 2850. The summed E-state index contributed by atoms with van der Waals surface area (Å²) >= 11 is 0. The predicted molar refractivity (Wildman–Crippen MR) is 284 cm³/mol. The Morgan fingerprint density at radius 2 is 1.73 bits per heavy atom. The third-order valence-corrected chi connectivity index (χ3v) is 14.4. The maximum Gasteiger partial charge on any atom is 0.335 e. The lowest BCUT2D eigenvalue weighted by Gasteiger charge is -2.45. The van der Waals surface area contributed by atoms with E-state index in [4.69, 9.17) is 23.9 Å². The van der Waals surface area contributed by atoms with Gasteiger partial charge in [-0.15, -0.1) is 0 Å². The number of aromatic nitrogens is 1. The zero-order valence-electron chi connectivity index (χ0n) is 41.9. The van der Waals surface area contributed by atoms with Crippen LogP contribution in [-0.4, -0.2) is 101 Å². The number of rotatable bonds is 14. The fraction of sp³-hybridized carbons (Fsp3) is 0.383. The molecule has 1 unspecified atom stereocenters. The van der Waals surface area contributed by atoms with Crippen molar-refractivity contribution in [3.05, 3.63) is 159 Å². The molecule has 4 aliphatic rings. The summed E-state index contributed by atoms with van der Waals surface area (Å²) in [4.78, 5) is 19.9. The number of benzene rings is 5. The molecule has 1 fully saturated rings. The number of fused-ring (bicyclic) bond motifs is 7. The first-order valence-corrected chi connectivity index (χ1v) is 25.8. The lowest BCUT2D eigenvalue weighted by molar-refractivity contribution is 0.144. The Morgan fingerprint density at radius 1 is 0.890 bits per heavy atom. The van der Waals surface area contributed by atoms with Gasteiger partial charge in [-0.25, -0.2) is 0 Å². The molecule has 384 valence electrons. The zero-order valence-corrected chi connectivity index (χ0v) is 41.9. The van der Waals surface area contributed by atoms with E-state index >= 15 is 0 Å². The van der Waals surface area contributed by atoms with Crippen LogP contribution < -0.4 is 34.1 Å². The van der Waals surface area contributed by atoms with Crippen molar-refractivity contribution < 1.29 is 49.3 Å². The second-order valence-electron chi connectivity index (χ2n) is 19.5. The Labute approximate surface area is 428 Å². The van der Waals surface area contributed by atoms with Crippen molar-refractivity contribution in [2.24, 2.45) is 5.92 Å². The fourth-order valence-corrected chi connectivity index (χ4v) is 10.4. The Kier molecular flexibility index (Phi) is 16.8. The van der Waals surface area contributed by atoms with E-state index in [0.29, 0.717) is 61.2 Å². The largest absolute Gasteiger partial charge is 0.508 e. The molecule has 0 radical (unpaired) electrons. The first-order chi connectivity index (χ1) is 35.6. The molecule has 0 spiro atoms. The van der Waals surface area contributed by atoms with Crippen molar-refractivity contribution in [3.63, 3.8) is 0 Å². The molecule has 0 amide bonds. The molecule has 1 aromatic heterocycles. The van der Waals surface area contributed by atoms with E-state index in [1.54, 1.807) is 30.3 Å². The summed E-state index contributed by atoms with van der Waals surface area (Å²) in [5.41, 5.74) is 9.55. The van der Waals surface area contributed by atoms with Crippen LogP contribution >= 0.6 is 0 Å². The number of phenolic OH excluding ortho intramolecular Hbond substituents is 1. The molecule has 0 saturated carbocycles. The third kappa shape index (κ3) is 11.9. The summed E-state index contributed by atoms with van der Waals surface area (Å²) in [6.07, 6.45) is 5.19. The summed E-state index contributed by atoms with van der Waals surface area (Å²) in [6.45, 7) is 4.29. The molecule has 5 atom stereocenters. The number of ether oxygens (including phenoxy) is 4. The highest BCUT2D eigenvalue weighted by atomic mass is 16.5. The van der Waals surface area contributed by atoms with Gasteiger partial charge in [0.05, 0.1) is 32.5 Å². The number of carbonyl (C=O) groups excluding carboxylic acids is 1. The van der Waals surface area contributed by atoms with E-state index in [2.05, 4.69) is 65.7 Å². The molecule has 4 aliphatic heterocycles. The molecule has 0 aliphatic carbocycles. The van der Waals surface area contributed by atoms with E-state index in [-0.39, 0.29) is 68.3 Å². The van der Waals surface area contributed by atoms with Gasteiger partial charge < -0.3 is 59.7 Å². The summed E-state index contributed by atoms with van der Waals surface area (Å²) in [5, 5.41) is 57.6. The second kappa shape index (κ2) is 24.0. The molecular formula is C60H69N3O10. The Balaban J connectivity index is 1.17. The topological polar surface area (TPSA) is 189 Å². The third-order valence-electron chi connectivity index (χ3n) is 14.4. The summed E-state index contributed by atoms with van der Waals surface area (Å²) < 4.78 is 26.8. The van der Waals surface area contributed by atoms with E-state index in [9.17, 15) is 30.3 Å². The number of hydrogen-bond donors (Lipinski definition) is 6. The van der Waals surface area contributed by atoms with Crippen LogP contribution in [0.2, 0.25) is 0 Å². The number of hydrogen-bond acceptors (Lipinski definition) is 11. The van der Waals surface area contributed by atoms with Gasteiger partial charge in [0.25, 0.3) is 0 Å². The number of nitrogens with one attached hydrogen (secondary N) is 1. The Hall–Kier alpha value is -6.61. The van der Waals surface area contributed by atoms with Crippen molar-refractivity contribution in [3.8, 4) is 39.9 Å². The van der Waals surface area contributed by atoms with E-state index in [0.717, 1.165) is 82.1 Å². The number of phenols is 1. The van der Waals surface area contributed by atoms with Gasteiger partial charge in [0.1, 0.15) is 24.0 Å². The van der Waals surface area contributed by atoms with Gasteiger partial charge in [-0.05, 0) is 127 Å². The van der Waals surface area contributed by atoms with Crippen LogP contribution in [0.15, 0.2) is 109 Å². The van der Waals surface area contributed by atoms with Crippen LogP contribution in [0.1, 0.15) is 95.0 Å². The molecule has 5 heterocycles. The van der Waals surface area contributed by atoms with E-state index in [1.165, 1.54) is 7.11 Å². The zero-order chi connectivity index (χ0) is 50.8. The van der Waals surface area contributed by atoms with Gasteiger partial charge in [-0.2, -0.15) is 0 Å². The van der Waals surface area contributed by atoms with Crippen molar-refractivity contribution in [2.75, 3.05) is 58.1 Å². The van der Waals surface area contributed by atoms with Crippen molar-refractivity contribution in [1.82, 2.24) is 10.3 Å². The van der Waals surface area contributed by atoms with Gasteiger partial charge in [0.15, 0.2) is 17.1 Å². The lowest BCUT2D eigenvalue weighted by Crippen LogP contribution is -2.52. The van der Waals surface area contributed by atoms with Crippen molar-refractivity contribution in [2.45, 2.75) is 89.1 Å². The summed E-state index contributed by atoms with van der Waals surface area (Å²) in [6, 6.07) is 33.6. The quantitative estimate of drug-likeness (QED) is 0.0578. The van der Waals surface area contributed by atoms with Crippen LogP contribution in [0.5, 0.6) is 28.7 Å². The highest BCUT2D eigenvalue weighted by Gasteiger charge is 2.41. The molecule has 13 heteroatoms. The number of aliphatic hydroxyl groups excluding tert-OH is 4. The monoisotopic (exact) mass is 991 g/mol. The molecule has 10 rings (SSSR count). The maximum atomic E-state index is 12.2. The SMILES string of the molecule is CCc1cc2c([n-]1)N1CCNC[C@H]1Cc1ccc(c([C@@H](O)CCCO)c1)C[C@H](CO)COc1c(c3c(c(OCC[C@@H](O)/C=C/c4ccccc4)c1OC)C(=[OH+])CC(c1ccc(O)cc1)O3)CCc1cccc-2c1. The fourth-order valence-electron chi connectivity index (χ4n) is 10.4. The first-order valence-electron chi connectivity index (χ1n) is 25.8. The number of ketones is 1. The molecule has 4 bridgehead atoms. The molecule has 13 nitrogen and oxygen atoms in total. The average molecular weight is 992 g/mol. The summed E-state index contributed by atoms with van der Waals surface area (Å²) in [7, 11) is 1.53. The van der Waals surface area contributed by atoms with Gasteiger partial charge >= 0.3 is 5.78 Å². The van der Waals surface area contributed by atoms with E-state index < -0.39 is 24.2 Å². The van der Waals surface area contributed by atoms with Gasteiger partial charge in [0.2, 0.25) is 5.75 Å². The maximum absolute atomic E-state index is 12.2. The normalized spacial score (nSPS) is 18.9. The number of aliphatic hydroxyl groups is 4. The molecule has 5 aromatic carbocycles. The average Bonchev–Trinajstić information content (AvgIpc) is 3.85. The Morgan fingerprint density at radius 3 is 2.51 bits per heavy atom. The molecular weight excluding hydrogens is 923 g/mol. The molecule has 6 aromatic rings. The van der Waals surface area contributed by atoms with Crippen LogP contribution in [-0.2, 0) is 32.1 Å². The van der Waals surface area contributed by atoms with Crippen LogP contribution in [0.4, 0.5) is 5.82 Å². The predicted octanol–water partition coefficient (Wildman–Crippen LogP) is 8.00. The highest BCUT2D eigenvalue weighted by molar-refractivity contribution is 6.05. The summed E-state index contributed by atoms with van der Waals surface area (Å²) in [5.74, 6) is 1.77. The number of nitrogens with zero attached hydrogens (tertiary/aromatic N) is 2. The number of aryl methyl sites for hydroxylation is 2. The molecule has 73 heavy (non-hydrogen) atoms. The smallest absolute Gasteiger partial charge is 0.335 e. The van der Waals surface area contributed by atoms with E-state index in [1.807, 2.05) is 36.4 Å². The van der Waals surface area contributed by atoms with Crippen molar-refractivity contribution in [1.29, 1.82) is 0 Å². The number of methoxy groups -OCH3 is 1. The van der Waals surface area contributed by atoms with Crippen LogP contribution in [0.3, 0.4) is 0 Å². The minimum atomic E-state index is -0.842. The van der Waals surface area contributed by atoms with Crippen LogP contribution in [0, 0.1) is 5.92 Å². The standard InChI is InChI=1S/C60H68N3O10/c1-3-45-33-51-43-12-7-11-39(29-43)16-23-49-56-55(53(69)34-54(73-56)42-18-21-47(66)22-19-42)58(71-28-24-48(67)20-15-38-9-5-4-6-10-38)59(70-2)57(49)72-37-41(36-65)30-44-17-14-40(32-50(44)52(68)13-8-27-64)31-46-35-61-25-26-63(46)60(51)62-45/h4-7,9-12,14-15,17-22,29,32-33,41,46,48,52,54,61,64-68H,3,8,13,16,23-28,30-31,34-37H2,1-2H3/q-1/p+1/b20-15+/t41-,46-,48+,52+,54?/m1/s1. The van der Waals surface area contributed by atoms with Gasteiger partial charge in [0, 0.05) is 31.1 Å². The second-order valence-corrected chi connectivity index (χ2v) is 19.5. The van der Waals surface area contributed by atoms with Crippen LogP contribution in [0.25, 0.3) is 17.2 Å².